The van der Waals surface area contributed by atoms with Crippen LogP contribution in [0.4, 0.5) is 17.1 Å². The number of fused-ring (bicyclic) bond motifs is 5. The molecule has 3 heteroatoms. The zero-order valence-electron chi connectivity index (χ0n) is 19.5. The maximum atomic E-state index is 6.54. The van der Waals surface area contributed by atoms with Gasteiger partial charge < -0.3 is 9.32 Å². The van der Waals surface area contributed by atoms with Crippen molar-refractivity contribution in [2.45, 2.75) is 0 Å². The Morgan fingerprint density at radius 3 is 1.94 bits per heavy atom. The van der Waals surface area contributed by atoms with Crippen molar-refractivity contribution in [3.05, 3.63) is 134 Å². The first-order chi connectivity index (χ1) is 17.9. The van der Waals surface area contributed by atoms with Crippen LogP contribution in [0.2, 0.25) is 0 Å². The molecule has 0 aliphatic rings. The van der Waals surface area contributed by atoms with Gasteiger partial charge in [-0.3, -0.25) is 4.98 Å². The normalized spacial score (nSPS) is 11.3. The highest BCUT2D eigenvalue weighted by molar-refractivity contribution is 6.25. The standard InChI is InChI=1S/C33H22N2O/c1-3-12-24(13-4-1)35(25-14-5-2-6-15-25)29-21-31-33(28-17-8-7-16-27(28)29)32-26(18-9-19-30(32)36-31)23-11-10-20-34-22-23/h1-22H. The molecular weight excluding hydrogens is 440 g/mol. The molecule has 3 nitrogen and oxygen atoms in total. The second-order valence-electron chi connectivity index (χ2n) is 8.84. The summed E-state index contributed by atoms with van der Waals surface area (Å²) in [6, 6.07) is 42.1. The Balaban J connectivity index is 1.59. The van der Waals surface area contributed by atoms with Crippen molar-refractivity contribution >= 4 is 49.8 Å². The van der Waals surface area contributed by atoms with Crippen molar-refractivity contribution < 1.29 is 4.42 Å². The minimum atomic E-state index is 0.868. The van der Waals surface area contributed by atoms with Crippen LogP contribution in [0.3, 0.4) is 0 Å². The number of furan rings is 1. The van der Waals surface area contributed by atoms with Crippen LogP contribution in [-0.2, 0) is 0 Å². The number of rotatable bonds is 4. The fourth-order valence-corrected chi connectivity index (χ4v) is 5.19. The first-order valence-electron chi connectivity index (χ1n) is 12.1. The van der Waals surface area contributed by atoms with Gasteiger partial charge in [0.2, 0.25) is 0 Å². The van der Waals surface area contributed by atoms with E-state index in [1.165, 1.54) is 5.39 Å². The topological polar surface area (TPSA) is 29.3 Å². The molecule has 0 fully saturated rings. The van der Waals surface area contributed by atoms with Gasteiger partial charge in [0.05, 0.1) is 5.69 Å². The van der Waals surface area contributed by atoms with Gasteiger partial charge in [-0.2, -0.15) is 0 Å². The first-order valence-corrected chi connectivity index (χ1v) is 12.1. The third-order valence-corrected chi connectivity index (χ3v) is 6.72. The van der Waals surface area contributed by atoms with Crippen molar-refractivity contribution in [3.8, 4) is 11.1 Å². The minimum Gasteiger partial charge on any atom is -0.456 e. The quantitative estimate of drug-likeness (QED) is 0.261. The molecule has 0 bridgehead atoms. The molecule has 7 rings (SSSR count). The van der Waals surface area contributed by atoms with Gasteiger partial charge >= 0.3 is 0 Å². The molecule has 0 N–H and O–H groups in total. The van der Waals surface area contributed by atoms with Gasteiger partial charge in [0, 0.05) is 51.6 Å². The van der Waals surface area contributed by atoms with Crippen LogP contribution in [0.25, 0.3) is 43.8 Å². The van der Waals surface area contributed by atoms with Crippen molar-refractivity contribution in [1.29, 1.82) is 0 Å². The lowest BCUT2D eigenvalue weighted by atomic mass is 9.96. The Hall–Kier alpha value is -4.89. The number of para-hydroxylation sites is 2. The lowest BCUT2D eigenvalue weighted by Crippen LogP contribution is -2.10. The lowest BCUT2D eigenvalue weighted by molar-refractivity contribution is 0.669. The Bertz CT molecular complexity index is 1790. The SMILES string of the molecule is c1ccc(N(c2ccccc2)c2cc3oc4cccc(-c5cccnc5)c4c3c3ccccc23)cc1. The Morgan fingerprint density at radius 2 is 1.25 bits per heavy atom. The van der Waals surface area contributed by atoms with E-state index in [1.807, 2.05) is 24.4 Å². The lowest BCUT2D eigenvalue weighted by Gasteiger charge is -2.27. The fourth-order valence-electron chi connectivity index (χ4n) is 5.19. The highest BCUT2D eigenvalue weighted by Crippen LogP contribution is 2.46. The molecule has 0 aliphatic carbocycles. The number of benzene rings is 5. The summed E-state index contributed by atoms with van der Waals surface area (Å²) in [5.74, 6) is 0. The second kappa shape index (κ2) is 8.40. The number of nitrogens with zero attached hydrogens (tertiary/aromatic N) is 2. The molecule has 0 radical (unpaired) electrons. The van der Waals surface area contributed by atoms with Gasteiger partial charge in [-0.05, 0) is 47.3 Å². The molecule has 0 atom stereocenters. The maximum absolute atomic E-state index is 6.54. The molecule has 36 heavy (non-hydrogen) atoms. The molecule has 7 aromatic rings. The molecule has 0 spiro atoms. The van der Waals surface area contributed by atoms with Crippen LogP contribution < -0.4 is 4.90 Å². The van der Waals surface area contributed by atoms with Crippen LogP contribution in [-0.4, -0.2) is 4.98 Å². The summed E-state index contributed by atoms with van der Waals surface area (Å²) in [4.78, 5) is 6.66. The van der Waals surface area contributed by atoms with E-state index in [0.717, 1.165) is 55.5 Å². The summed E-state index contributed by atoms with van der Waals surface area (Å²) in [6.07, 6.45) is 3.72. The summed E-state index contributed by atoms with van der Waals surface area (Å²) >= 11 is 0. The summed E-state index contributed by atoms with van der Waals surface area (Å²) in [5, 5.41) is 4.58. The zero-order chi connectivity index (χ0) is 23.9. The van der Waals surface area contributed by atoms with Crippen molar-refractivity contribution in [1.82, 2.24) is 4.98 Å². The third kappa shape index (κ3) is 3.25. The van der Waals surface area contributed by atoms with Crippen molar-refractivity contribution in [3.63, 3.8) is 0 Å². The van der Waals surface area contributed by atoms with E-state index in [4.69, 9.17) is 4.42 Å². The van der Waals surface area contributed by atoms with Crippen LogP contribution in [0.5, 0.6) is 0 Å². The highest BCUT2D eigenvalue weighted by atomic mass is 16.3. The predicted molar refractivity (Wildman–Crippen MR) is 149 cm³/mol. The van der Waals surface area contributed by atoms with E-state index in [9.17, 15) is 0 Å². The van der Waals surface area contributed by atoms with Gasteiger partial charge in [-0.25, -0.2) is 0 Å². The summed E-state index contributed by atoms with van der Waals surface area (Å²) in [7, 11) is 0. The van der Waals surface area contributed by atoms with E-state index in [1.54, 1.807) is 6.20 Å². The largest absolute Gasteiger partial charge is 0.456 e. The summed E-state index contributed by atoms with van der Waals surface area (Å²) < 4.78 is 6.54. The van der Waals surface area contributed by atoms with Crippen molar-refractivity contribution in [2.24, 2.45) is 0 Å². The number of aromatic nitrogens is 1. The molecule has 0 saturated carbocycles. The average Bonchev–Trinajstić information content (AvgIpc) is 3.34. The fraction of sp³-hybridized carbons (Fsp3) is 0. The smallest absolute Gasteiger partial charge is 0.138 e. The maximum Gasteiger partial charge on any atom is 0.138 e. The Kier molecular flexibility index (Phi) is 4.78. The predicted octanol–water partition coefficient (Wildman–Crippen LogP) is 9.27. The van der Waals surface area contributed by atoms with Gasteiger partial charge in [0.1, 0.15) is 11.2 Å². The second-order valence-corrected chi connectivity index (χ2v) is 8.84. The molecule has 5 aromatic carbocycles. The molecule has 2 aromatic heterocycles. The van der Waals surface area contributed by atoms with Crippen LogP contribution >= 0.6 is 0 Å². The van der Waals surface area contributed by atoms with E-state index >= 15 is 0 Å². The monoisotopic (exact) mass is 462 g/mol. The van der Waals surface area contributed by atoms with Gasteiger partial charge in [-0.15, -0.1) is 0 Å². The minimum absolute atomic E-state index is 0.868. The molecular formula is C33H22N2O. The Morgan fingerprint density at radius 1 is 0.556 bits per heavy atom. The third-order valence-electron chi connectivity index (χ3n) is 6.72. The van der Waals surface area contributed by atoms with Gasteiger partial charge in [0.25, 0.3) is 0 Å². The summed E-state index contributed by atoms with van der Waals surface area (Å²) in [5.41, 5.74) is 7.22. The van der Waals surface area contributed by atoms with Crippen LogP contribution in [0.1, 0.15) is 0 Å². The number of pyridine rings is 1. The summed E-state index contributed by atoms with van der Waals surface area (Å²) in [6.45, 7) is 0. The number of hydrogen-bond acceptors (Lipinski definition) is 3. The van der Waals surface area contributed by atoms with Gasteiger partial charge in [-0.1, -0.05) is 78.9 Å². The molecule has 170 valence electrons. The van der Waals surface area contributed by atoms with Crippen LogP contribution in [0.15, 0.2) is 138 Å². The van der Waals surface area contributed by atoms with E-state index in [0.29, 0.717) is 0 Å². The highest BCUT2D eigenvalue weighted by Gasteiger charge is 2.21. The number of hydrogen-bond donors (Lipinski definition) is 0. The molecule has 2 heterocycles. The molecule has 0 unspecified atom stereocenters. The van der Waals surface area contributed by atoms with Gasteiger partial charge in [0.15, 0.2) is 0 Å². The van der Waals surface area contributed by atoms with E-state index in [-0.39, 0.29) is 0 Å². The van der Waals surface area contributed by atoms with E-state index in [2.05, 4.69) is 113 Å². The molecule has 0 amide bonds. The first kappa shape index (κ1) is 20.5. The molecule has 0 saturated heterocycles. The number of anilines is 3. The molecule has 0 aliphatic heterocycles. The van der Waals surface area contributed by atoms with E-state index < -0.39 is 0 Å². The zero-order valence-corrected chi connectivity index (χ0v) is 19.5. The average molecular weight is 463 g/mol. The van der Waals surface area contributed by atoms with Crippen molar-refractivity contribution in [2.75, 3.05) is 4.90 Å². The van der Waals surface area contributed by atoms with Crippen LogP contribution in [0, 0.1) is 0 Å². The Labute approximate surface area is 208 Å².